The van der Waals surface area contributed by atoms with Crippen molar-refractivity contribution in [1.82, 2.24) is 29.5 Å². The highest BCUT2D eigenvalue weighted by atomic mass is 32.1. The first-order valence-electron chi connectivity index (χ1n) is 11.2. The van der Waals surface area contributed by atoms with Crippen LogP contribution in [0.15, 0.2) is 24.5 Å². The third-order valence-corrected chi connectivity index (χ3v) is 6.75. The molecule has 1 aliphatic rings. The number of rotatable bonds is 3. The van der Waals surface area contributed by atoms with Crippen LogP contribution < -0.4 is 0 Å². The van der Waals surface area contributed by atoms with E-state index in [9.17, 15) is 4.79 Å². The van der Waals surface area contributed by atoms with Gasteiger partial charge in [-0.25, -0.2) is 19.3 Å². The molecule has 0 aliphatic carbocycles. The smallest absolute Gasteiger partial charge is 0.410 e. The molecule has 0 bridgehead atoms. The summed E-state index contributed by atoms with van der Waals surface area (Å²) in [6.07, 6.45) is 5.38. The van der Waals surface area contributed by atoms with Crippen LogP contribution in [0.2, 0.25) is 0 Å². The number of carbonyl (C=O) groups excluding carboxylic acids is 1. The van der Waals surface area contributed by atoms with Crippen LogP contribution in [0.5, 0.6) is 0 Å². The van der Waals surface area contributed by atoms with Crippen molar-refractivity contribution in [3.8, 4) is 11.4 Å². The number of likely N-dealkylation sites (tertiary alicyclic amines) is 1. The van der Waals surface area contributed by atoms with Gasteiger partial charge in [0.15, 0.2) is 5.65 Å². The van der Waals surface area contributed by atoms with Crippen molar-refractivity contribution in [2.45, 2.75) is 53.1 Å². The number of amides is 1. The largest absolute Gasteiger partial charge is 0.444 e. The van der Waals surface area contributed by atoms with Crippen molar-refractivity contribution < 1.29 is 9.53 Å². The Labute approximate surface area is 196 Å². The third kappa shape index (κ3) is 4.55. The fraction of sp³-hybridized carbons (Fsp3) is 0.458. The Balaban J connectivity index is 1.33. The maximum atomic E-state index is 12.4. The zero-order chi connectivity index (χ0) is 23.3. The molecule has 0 saturated carbocycles. The Morgan fingerprint density at radius 3 is 2.82 bits per heavy atom. The summed E-state index contributed by atoms with van der Waals surface area (Å²) in [5, 5.41) is 4.68. The van der Waals surface area contributed by atoms with Gasteiger partial charge >= 0.3 is 6.09 Å². The molecule has 8 nitrogen and oxygen atoms in total. The SMILES string of the molecule is Cc1cn2nc(-c3cnc4cc(C[C@H]5CCN(C(=O)OC(C)(C)C)C5)sc4n3)cc(C)c2n1. The summed E-state index contributed by atoms with van der Waals surface area (Å²) in [4.78, 5) is 30.3. The number of ether oxygens (including phenoxy) is 1. The summed E-state index contributed by atoms with van der Waals surface area (Å²) in [5.74, 6) is 0.418. The van der Waals surface area contributed by atoms with Crippen molar-refractivity contribution in [3.05, 3.63) is 40.7 Å². The van der Waals surface area contributed by atoms with E-state index in [-0.39, 0.29) is 6.09 Å². The van der Waals surface area contributed by atoms with E-state index >= 15 is 0 Å². The van der Waals surface area contributed by atoms with Crippen LogP contribution in [0.1, 0.15) is 43.3 Å². The van der Waals surface area contributed by atoms with E-state index in [0.717, 1.165) is 64.6 Å². The second kappa shape index (κ2) is 8.06. The van der Waals surface area contributed by atoms with Gasteiger partial charge in [0.05, 0.1) is 18.1 Å². The molecule has 5 rings (SSSR count). The molecule has 1 aliphatic heterocycles. The lowest BCUT2D eigenvalue weighted by Gasteiger charge is -2.24. The van der Waals surface area contributed by atoms with Gasteiger partial charge in [0.25, 0.3) is 0 Å². The Hall–Kier alpha value is -3.07. The van der Waals surface area contributed by atoms with Crippen LogP contribution in [0.3, 0.4) is 0 Å². The summed E-state index contributed by atoms with van der Waals surface area (Å²) in [6, 6.07) is 4.13. The van der Waals surface area contributed by atoms with Crippen LogP contribution in [0.4, 0.5) is 4.79 Å². The third-order valence-electron chi connectivity index (χ3n) is 5.71. The van der Waals surface area contributed by atoms with E-state index in [0.29, 0.717) is 5.92 Å². The summed E-state index contributed by atoms with van der Waals surface area (Å²) >= 11 is 1.67. The number of aromatic nitrogens is 5. The molecular formula is C24H28N6O2S. The molecule has 0 radical (unpaired) electrons. The normalized spacial score (nSPS) is 16.8. The molecule has 0 aromatic carbocycles. The van der Waals surface area contributed by atoms with Gasteiger partial charge in [0.2, 0.25) is 0 Å². The highest BCUT2D eigenvalue weighted by molar-refractivity contribution is 7.18. The highest BCUT2D eigenvalue weighted by Crippen LogP contribution is 2.30. The standard InChI is InChI=1S/C24H28N6O2S/c1-14-8-18(28-30-12-15(2)26-21(14)30)20-11-25-19-10-17(33-22(19)27-20)9-16-6-7-29(13-16)23(31)32-24(3,4)5/h8,10-12,16H,6-7,9,13H2,1-5H3/t16-/m1/s1. The van der Waals surface area contributed by atoms with Gasteiger partial charge in [-0.1, -0.05) is 0 Å². The fourth-order valence-corrected chi connectivity index (χ4v) is 5.33. The number of thiophene rings is 1. The van der Waals surface area contributed by atoms with Crippen LogP contribution in [-0.4, -0.2) is 54.2 Å². The molecule has 0 unspecified atom stereocenters. The second-order valence-corrected chi connectivity index (χ2v) is 10.9. The molecule has 1 atom stereocenters. The molecular weight excluding hydrogens is 436 g/mol. The predicted molar refractivity (Wildman–Crippen MR) is 128 cm³/mol. The van der Waals surface area contributed by atoms with Crippen LogP contribution in [-0.2, 0) is 11.2 Å². The number of imidazole rings is 1. The number of hydrogen-bond acceptors (Lipinski definition) is 7. The Kier molecular flexibility index (Phi) is 5.31. The van der Waals surface area contributed by atoms with E-state index in [4.69, 9.17) is 9.72 Å². The quantitative estimate of drug-likeness (QED) is 0.432. The van der Waals surface area contributed by atoms with Crippen molar-refractivity contribution >= 4 is 33.4 Å². The zero-order valence-electron chi connectivity index (χ0n) is 19.6. The first-order chi connectivity index (χ1) is 15.6. The van der Waals surface area contributed by atoms with Crippen LogP contribution in [0, 0.1) is 19.8 Å². The maximum absolute atomic E-state index is 12.4. The zero-order valence-corrected chi connectivity index (χ0v) is 20.4. The summed E-state index contributed by atoms with van der Waals surface area (Å²) in [6.45, 7) is 11.2. The van der Waals surface area contributed by atoms with Gasteiger partial charge in [-0.15, -0.1) is 11.3 Å². The minimum Gasteiger partial charge on any atom is -0.444 e. The van der Waals surface area contributed by atoms with Gasteiger partial charge in [-0.3, -0.25) is 4.98 Å². The number of carbonyl (C=O) groups is 1. The number of hydrogen-bond donors (Lipinski definition) is 0. The minimum absolute atomic E-state index is 0.220. The molecule has 1 amide bonds. The van der Waals surface area contributed by atoms with Crippen molar-refractivity contribution in [2.75, 3.05) is 13.1 Å². The van der Waals surface area contributed by atoms with E-state index in [1.54, 1.807) is 17.5 Å². The molecule has 5 heterocycles. The summed E-state index contributed by atoms with van der Waals surface area (Å²) < 4.78 is 7.33. The average molecular weight is 465 g/mol. The lowest BCUT2D eigenvalue weighted by Crippen LogP contribution is -2.35. The first-order valence-corrected chi connectivity index (χ1v) is 12.0. The average Bonchev–Trinajstić information content (AvgIpc) is 3.43. The van der Waals surface area contributed by atoms with E-state index in [1.165, 1.54) is 4.88 Å². The van der Waals surface area contributed by atoms with E-state index in [2.05, 4.69) is 21.1 Å². The van der Waals surface area contributed by atoms with Gasteiger partial charge in [0.1, 0.15) is 27.3 Å². The predicted octanol–water partition coefficient (Wildman–Crippen LogP) is 4.82. The van der Waals surface area contributed by atoms with E-state index < -0.39 is 5.60 Å². The number of aryl methyl sites for hydroxylation is 2. The van der Waals surface area contributed by atoms with Gasteiger partial charge in [-0.05, 0) is 71.1 Å². The summed E-state index contributed by atoms with van der Waals surface area (Å²) in [5.41, 5.74) is 4.82. The molecule has 172 valence electrons. The lowest BCUT2D eigenvalue weighted by molar-refractivity contribution is 0.0288. The second-order valence-electron chi connectivity index (χ2n) is 9.81. The monoisotopic (exact) mass is 464 g/mol. The summed E-state index contributed by atoms with van der Waals surface area (Å²) in [7, 11) is 0. The molecule has 1 fully saturated rings. The Morgan fingerprint density at radius 1 is 1.21 bits per heavy atom. The molecule has 1 saturated heterocycles. The fourth-order valence-electron chi connectivity index (χ4n) is 4.23. The Bertz CT molecular complexity index is 1350. The van der Waals surface area contributed by atoms with Crippen molar-refractivity contribution in [1.29, 1.82) is 0 Å². The molecule has 33 heavy (non-hydrogen) atoms. The Morgan fingerprint density at radius 2 is 2.03 bits per heavy atom. The topological polar surface area (TPSA) is 85.5 Å². The molecule has 4 aromatic heterocycles. The van der Waals surface area contributed by atoms with Gasteiger partial charge in [-0.2, -0.15) is 5.10 Å². The maximum Gasteiger partial charge on any atom is 0.410 e. The molecule has 9 heteroatoms. The van der Waals surface area contributed by atoms with Crippen LogP contribution in [0.25, 0.3) is 27.4 Å². The van der Waals surface area contributed by atoms with Crippen molar-refractivity contribution in [3.63, 3.8) is 0 Å². The molecule has 0 N–H and O–H groups in total. The number of nitrogens with zero attached hydrogens (tertiary/aromatic N) is 6. The number of fused-ring (bicyclic) bond motifs is 2. The van der Waals surface area contributed by atoms with Crippen molar-refractivity contribution in [2.24, 2.45) is 5.92 Å². The molecule has 0 spiro atoms. The van der Waals surface area contributed by atoms with Gasteiger partial charge in [0, 0.05) is 18.0 Å². The van der Waals surface area contributed by atoms with E-state index in [1.807, 2.05) is 56.3 Å². The van der Waals surface area contributed by atoms with Gasteiger partial charge < -0.3 is 9.64 Å². The first kappa shape index (κ1) is 21.8. The lowest BCUT2D eigenvalue weighted by atomic mass is 10.0. The molecule has 4 aromatic rings. The minimum atomic E-state index is -0.468. The highest BCUT2D eigenvalue weighted by Gasteiger charge is 2.30. The van der Waals surface area contributed by atoms with Crippen LogP contribution >= 0.6 is 11.3 Å².